The molecule has 3 aromatic heterocycles. The topological polar surface area (TPSA) is 43.6 Å². The highest BCUT2D eigenvalue weighted by molar-refractivity contribution is 6.10. The summed E-state index contributed by atoms with van der Waals surface area (Å²) in [6.45, 7) is -5.65. The number of para-hydroxylation sites is 2. The van der Waals surface area contributed by atoms with Crippen LogP contribution in [0.3, 0.4) is 0 Å². The van der Waals surface area contributed by atoms with Gasteiger partial charge in [0.2, 0.25) is 0 Å². The van der Waals surface area contributed by atoms with Crippen molar-refractivity contribution in [2.75, 3.05) is 0 Å². The van der Waals surface area contributed by atoms with Gasteiger partial charge in [-0.05, 0) is 128 Å². The van der Waals surface area contributed by atoms with Gasteiger partial charge in [0, 0.05) is 53.1 Å². The predicted molar refractivity (Wildman–Crippen MR) is 285 cm³/mol. The number of hydrogen-bond acceptors (Lipinski definition) is 3. The van der Waals surface area contributed by atoms with Crippen molar-refractivity contribution in [1.29, 1.82) is 0 Å². The molecule has 2 aliphatic carbocycles. The van der Waals surface area contributed by atoms with Crippen molar-refractivity contribution in [3.8, 4) is 117 Å². The largest absolute Gasteiger partial charge is 0.309 e. The van der Waals surface area contributed by atoms with E-state index in [1.165, 1.54) is 10.8 Å². The molecule has 69 heavy (non-hydrogen) atoms. The highest BCUT2D eigenvalue weighted by Gasteiger charge is 2.26. The van der Waals surface area contributed by atoms with Crippen LogP contribution in [-0.4, -0.2) is 19.5 Å². The van der Waals surface area contributed by atoms with E-state index in [9.17, 15) is 0 Å². The van der Waals surface area contributed by atoms with E-state index in [4.69, 9.17) is 18.2 Å². The summed E-state index contributed by atoms with van der Waals surface area (Å²) in [5.41, 5.74) is 19.1. The normalized spacial score (nSPS) is 13.6. The summed E-state index contributed by atoms with van der Waals surface area (Å²) < 4.78 is 55.5. The first kappa shape index (κ1) is 33.5. The molecule has 0 amide bonds. The minimum Gasteiger partial charge on any atom is -0.309 e. The number of aryl methyl sites for hydroxylation is 2. The molecular formula is C65H42N4. The van der Waals surface area contributed by atoms with Gasteiger partial charge in [0.15, 0.2) is 0 Å². The van der Waals surface area contributed by atoms with Crippen LogP contribution in [0.25, 0.3) is 139 Å². The third kappa shape index (κ3) is 5.99. The van der Waals surface area contributed by atoms with E-state index in [0.29, 0.717) is 11.1 Å². The molecule has 0 unspecified atom stereocenters. The van der Waals surface area contributed by atoms with Crippen LogP contribution in [0.15, 0.2) is 219 Å². The Morgan fingerprint density at radius 3 is 1.23 bits per heavy atom. The number of nitrogens with zero attached hydrogens (tertiary/aromatic N) is 4. The lowest BCUT2D eigenvalue weighted by atomic mass is 9.80. The van der Waals surface area contributed by atoms with Gasteiger partial charge < -0.3 is 4.57 Å². The van der Waals surface area contributed by atoms with Crippen LogP contribution in [0.2, 0.25) is 0 Å². The molecule has 14 rings (SSSR count). The van der Waals surface area contributed by atoms with Gasteiger partial charge in [-0.2, -0.15) is 0 Å². The minimum absolute atomic E-state index is 0.0798. The summed E-state index contributed by atoms with van der Waals surface area (Å²) in [7, 11) is 0. The Bertz CT molecular complexity index is 4300. The molecule has 9 aromatic carbocycles. The highest BCUT2D eigenvalue weighted by Crippen LogP contribution is 2.51. The van der Waals surface area contributed by atoms with E-state index >= 15 is 0 Å². The Morgan fingerprint density at radius 1 is 0.319 bits per heavy atom. The van der Waals surface area contributed by atoms with Crippen molar-refractivity contribution in [1.82, 2.24) is 19.5 Å². The van der Waals surface area contributed by atoms with Gasteiger partial charge in [0.1, 0.15) is 0 Å². The van der Waals surface area contributed by atoms with Crippen LogP contribution in [-0.2, 0) is 0 Å². The Labute approximate surface area is 409 Å². The van der Waals surface area contributed by atoms with E-state index in [1.54, 1.807) is 6.20 Å². The number of hydrogen-bond donors (Lipinski definition) is 0. The first-order valence-electron chi connectivity index (χ1n) is 26.2. The van der Waals surface area contributed by atoms with Gasteiger partial charge in [0.25, 0.3) is 0 Å². The summed E-state index contributed by atoms with van der Waals surface area (Å²) in [5, 5.41) is 2.36. The van der Waals surface area contributed by atoms with Crippen LogP contribution in [0.5, 0.6) is 0 Å². The van der Waals surface area contributed by atoms with Crippen molar-refractivity contribution in [2.24, 2.45) is 0 Å². The smallest absolute Gasteiger partial charge is 0.0922 e. The molecule has 4 nitrogen and oxygen atoms in total. The second-order valence-electron chi connectivity index (χ2n) is 17.8. The minimum atomic E-state index is -2.83. The molecule has 0 saturated heterocycles. The van der Waals surface area contributed by atoms with Crippen LogP contribution in [0.1, 0.15) is 19.6 Å². The molecule has 0 fully saturated rings. The van der Waals surface area contributed by atoms with E-state index in [2.05, 4.69) is 143 Å². The molecule has 0 saturated carbocycles. The number of benzene rings is 9. The van der Waals surface area contributed by atoms with E-state index in [0.717, 1.165) is 106 Å². The summed E-state index contributed by atoms with van der Waals surface area (Å²) in [4.78, 5) is 14.8. The summed E-state index contributed by atoms with van der Waals surface area (Å²) in [6, 6.07) is 72.6. The van der Waals surface area contributed by atoms with Gasteiger partial charge in [-0.1, -0.05) is 170 Å². The maximum atomic E-state index is 8.89. The van der Waals surface area contributed by atoms with Crippen molar-refractivity contribution in [3.63, 3.8) is 0 Å². The fraction of sp³-hybridized carbons (Fsp3) is 0.0308. The number of fused-ring (bicyclic) bond motifs is 19. The average molecular weight is 885 g/mol. The van der Waals surface area contributed by atoms with Crippen LogP contribution >= 0.6 is 0 Å². The van der Waals surface area contributed by atoms with E-state index in [1.807, 2.05) is 78.9 Å². The molecule has 0 bridgehead atoms. The molecule has 0 aliphatic heterocycles. The van der Waals surface area contributed by atoms with Crippen molar-refractivity contribution >= 4 is 21.8 Å². The van der Waals surface area contributed by atoms with Crippen LogP contribution in [0, 0.1) is 13.7 Å². The lowest BCUT2D eigenvalue weighted by Crippen LogP contribution is -2.02. The molecule has 12 aromatic rings. The third-order valence-corrected chi connectivity index (χ3v) is 14.1. The zero-order valence-electron chi connectivity index (χ0n) is 43.1. The van der Waals surface area contributed by atoms with Gasteiger partial charge in [0.05, 0.1) is 39.5 Å². The second-order valence-corrected chi connectivity index (χ2v) is 17.8. The maximum absolute atomic E-state index is 8.89. The van der Waals surface area contributed by atoms with Crippen LogP contribution in [0.4, 0.5) is 0 Å². The SMILES string of the molecule is [2H]C([2H])([2H])c1nc(C([2H])([2H])[2H])c(-c2ccc3c(c2)-c2ccccc2-c2ccccc2-c2ncccc2-3)nc1-c1ccc2c(c1)-c1ccccc1-c1ccccc1-c1cc(-n3c4ccccc4c4ccccc43)ccc1-2. The molecule has 0 N–H and O–H groups in total. The fourth-order valence-corrected chi connectivity index (χ4v) is 11.1. The molecule has 2 aliphatic rings. The molecule has 322 valence electrons. The highest BCUT2D eigenvalue weighted by atomic mass is 15.0. The molecule has 0 radical (unpaired) electrons. The number of aromatic nitrogens is 4. The van der Waals surface area contributed by atoms with E-state index < -0.39 is 13.7 Å². The van der Waals surface area contributed by atoms with Gasteiger partial charge in [-0.3, -0.25) is 9.97 Å². The standard InChI is InChI=1S/C65H42N4/c1-39-63(68-64(40(2)67-39)42-30-33-53-57-26-15-35-66-65(57)56-25-10-9-19-47(56)46-18-5-7-21-49(46)59(53)37-42)41-29-32-51-52-34-31-43(69-61-27-13-11-23-54(61)55-24-12-14-28-62(55)69)38-60(52)50-22-8-4-17-45(50)44-16-3-6-20-48(44)58(51)36-41/h3-38H,1-2H3/i1D3,2D3. The Kier molecular flexibility index (Phi) is 7.41. The van der Waals surface area contributed by atoms with Gasteiger partial charge in [-0.25, -0.2) is 4.98 Å². The predicted octanol–water partition coefficient (Wildman–Crippen LogP) is 16.9. The fourth-order valence-electron chi connectivity index (χ4n) is 11.1. The van der Waals surface area contributed by atoms with Crippen LogP contribution < -0.4 is 0 Å². The Hall–Kier alpha value is -8.99. The molecule has 4 heteroatoms. The second kappa shape index (κ2) is 15.3. The van der Waals surface area contributed by atoms with Gasteiger partial charge >= 0.3 is 0 Å². The lowest BCUT2D eigenvalue weighted by Gasteiger charge is -2.24. The Morgan fingerprint density at radius 2 is 0.710 bits per heavy atom. The monoisotopic (exact) mass is 884 g/mol. The van der Waals surface area contributed by atoms with Crippen molar-refractivity contribution in [2.45, 2.75) is 13.7 Å². The summed E-state index contributed by atoms with van der Waals surface area (Å²) in [6.07, 6.45) is 1.80. The average Bonchev–Trinajstić information content (AvgIpc) is 3.78. The number of rotatable bonds is 3. The maximum Gasteiger partial charge on any atom is 0.0922 e. The van der Waals surface area contributed by atoms with E-state index in [-0.39, 0.29) is 22.8 Å². The summed E-state index contributed by atoms with van der Waals surface area (Å²) in [5.74, 6) is 0. The summed E-state index contributed by atoms with van der Waals surface area (Å²) >= 11 is 0. The first-order chi connectivity index (χ1) is 36.5. The quantitative estimate of drug-likeness (QED) is 0.178. The number of pyridine rings is 1. The molecule has 0 atom stereocenters. The van der Waals surface area contributed by atoms with Crippen molar-refractivity contribution < 1.29 is 8.22 Å². The molecular weight excluding hydrogens is 837 g/mol. The molecule has 3 heterocycles. The lowest BCUT2D eigenvalue weighted by molar-refractivity contribution is 1.07. The third-order valence-electron chi connectivity index (χ3n) is 14.1. The zero-order valence-corrected chi connectivity index (χ0v) is 37.1. The first-order valence-corrected chi connectivity index (χ1v) is 23.2. The molecule has 0 spiro atoms. The van der Waals surface area contributed by atoms with Gasteiger partial charge in [-0.15, -0.1) is 0 Å². The Balaban J connectivity index is 0.998. The zero-order chi connectivity index (χ0) is 50.7. The van der Waals surface area contributed by atoms with Crippen molar-refractivity contribution in [3.05, 3.63) is 230 Å².